The maximum Gasteiger partial charge on any atom is 0.330 e. The van der Waals surface area contributed by atoms with Crippen LogP contribution in [0.3, 0.4) is 0 Å². The van der Waals surface area contributed by atoms with E-state index in [4.69, 9.17) is 0 Å². The van der Waals surface area contributed by atoms with Gasteiger partial charge in [-0.25, -0.2) is 13.2 Å². The molecular weight excluding hydrogens is 358 g/mol. The molecule has 142 valence electrons. The fraction of sp³-hybridized carbons (Fsp3) is 0.562. The van der Waals surface area contributed by atoms with Crippen LogP contribution in [0.4, 0.5) is 0 Å². The monoisotopic (exact) mass is 381 g/mol. The number of hydrogen-bond acceptors (Lipinski definition) is 5. The molecule has 3 heterocycles. The van der Waals surface area contributed by atoms with E-state index in [1.54, 1.807) is 0 Å². The fourth-order valence-electron chi connectivity index (χ4n) is 3.43. The summed E-state index contributed by atoms with van der Waals surface area (Å²) in [5.41, 5.74) is 0.632. The van der Waals surface area contributed by atoms with Crippen molar-refractivity contribution in [2.24, 2.45) is 14.1 Å². The smallest absolute Gasteiger partial charge is 0.302 e. The second-order valence-corrected chi connectivity index (χ2v) is 8.66. The van der Waals surface area contributed by atoms with Gasteiger partial charge >= 0.3 is 5.69 Å². The molecule has 1 aliphatic rings. The molecule has 0 aromatic carbocycles. The first-order valence-corrected chi connectivity index (χ1v) is 9.86. The van der Waals surface area contributed by atoms with Crippen molar-refractivity contribution in [2.75, 3.05) is 13.1 Å². The Hall–Kier alpha value is -2.20. The van der Waals surface area contributed by atoms with Crippen LogP contribution in [-0.2, 0) is 24.1 Å². The van der Waals surface area contributed by atoms with Crippen LogP contribution in [0, 0.1) is 13.8 Å². The number of piperidine rings is 1. The molecule has 2 aromatic heterocycles. The topological polar surface area (TPSA) is 99.2 Å². The van der Waals surface area contributed by atoms with E-state index in [1.807, 2.05) is 24.6 Å². The van der Waals surface area contributed by atoms with Gasteiger partial charge in [0, 0.05) is 39.1 Å². The summed E-state index contributed by atoms with van der Waals surface area (Å²) in [5.74, 6) is 0. The average Bonchev–Trinajstić information content (AvgIpc) is 2.94. The largest absolute Gasteiger partial charge is 0.330 e. The highest BCUT2D eigenvalue weighted by Crippen LogP contribution is 2.26. The van der Waals surface area contributed by atoms with Crippen molar-refractivity contribution >= 4 is 10.0 Å². The Balaban J connectivity index is 1.86. The van der Waals surface area contributed by atoms with E-state index in [-0.39, 0.29) is 10.9 Å². The number of aromatic nitrogens is 4. The minimum absolute atomic E-state index is 0.137. The third-order valence-corrected chi connectivity index (χ3v) is 6.73. The molecule has 9 nitrogen and oxygen atoms in total. The zero-order valence-corrected chi connectivity index (χ0v) is 16.2. The zero-order valence-electron chi connectivity index (χ0n) is 15.3. The first kappa shape index (κ1) is 18.6. The Labute approximate surface area is 151 Å². The van der Waals surface area contributed by atoms with Crippen LogP contribution in [0.15, 0.2) is 26.7 Å². The third-order valence-electron chi connectivity index (χ3n) is 4.85. The van der Waals surface area contributed by atoms with Crippen molar-refractivity contribution in [3.63, 3.8) is 0 Å². The Morgan fingerprint density at radius 2 is 1.73 bits per heavy atom. The quantitative estimate of drug-likeness (QED) is 0.741. The minimum atomic E-state index is -3.95. The molecule has 1 saturated heterocycles. The van der Waals surface area contributed by atoms with Crippen molar-refractivity contribution in [3.05, 3.63) is 44.5 Å². The van der Waals surface area contributed by atoms with Gasteiger partial charge in [0.25, 0.3) is 5.56 Å². The van der Waals surface area contributed by atoms with Crippen LogP contribution in [-0.4, -0.2) is 44.7 Å². The molecule has 2 aromatic rings. The lowest BCUT2D eigenvalue weighted by molar-refractivity contribution is 0.258. The summed E-state index contributed by atoms with van der Waals surface area (Å²) in [5, 5.41) is 4.48. The van der Waals surface area contributed by atoms with Crippen LogP contribution < -0.4 is 11.2 Å². The summed E-state index contributed by atoms with van der Waals surface area (Å²) in [6.07, 6.45) is 2.34. The normalized spacial score (nSPS) is 16.9. The van der Waals surface area contributed by atoms with Gasteiger partial charge in [-0.15, -0.1) is 0 Å². The lowest BCUT2D eigenvalue weighted by Gasteiger charge is -2.31. The minimum Gasteiger partial charge on any atom is -0.302 e. The Morgan fingerprint density at radius 3 is 2.27 bits per heavy atom. The van der Waals surface area contributed by atoms with Gasteiger partial charge in [0.05, 0.1) is 11.7 Å². The second kappa shape index (κ2) is 6.51. The van der Waals surface area contributed by atoms with E-state index < -0.39 is 21.3 Å². The molecule has 3 rings (SSSR count). The van der Waals surface area contributed by atoms with Gasteiger partial charge in [-0.3, -0.25) is 14.0 Å². The molecule has 0 bridgehead atoms. The highest BCUT2D eigenvalue weighted by atomic mass is 32.2. The molecule has 10 heteroatoms. The summed E-state index contributed by atoms with van der Waals surface area (Å²) < 4.78 is 31.0. The molecule has 1 aliphatic heterocycles. The first-order valence-electron chi connectivity index (χ1n) is 8.42. The van der Waals surface area contributed by atoms with Crippen LogP contribution >= 0.6 is 0 Å². The number of nitrogens with zero attached hydrogens (tertiary/aromatic N) is 5. The van der Waals surface area contributed by atoms with Crippen molar-refractivity contribution in [3.8, 4) is 0 Å². The van der Waals surface area contributed by atoms with Crippen LogP contribution in [0.5, 0.6) is 0 Å². The van der Waals surface area contributed by atoms with Gasteiger partial charge in [-0.2, -0.15) is 9.40 Å². The van der Waals surface area contributed by atoms with Gasteiger partial charge in [0.1, 0.15) is 0 Å². The molecule has 26 heavy (non-hydrogen) atoms. The van der Waals surface area contributed by atoms with E-state index >= 15 is 0 Å². The second-order valence-electron chi connectivity index (χ2n) is 6.76. The summed E-state index contributed by atoms with van der Waals surface area (Å²) in [6, 6.07) is 2.13. The lowest BCUT2D eigenvalue weighted by atomic mass is 10.1. The average molecular weight is 381 g/mol. The van der Waals surface area contributed by atoms with E-state index in [2.05, 4.69) is 5.10 Å². The van der Waals surface area contributed by atoms with Crippen molar-refractivity contribution < 1.29 is 8.42 Å². The number of hydrogen-bond donors (Lipinski definition) is 0. The van der Waals surface area contributed by atoms with Gasteiger partial charge in [0.2, 0.25) is 10.0 Å². The highest BCUT2D eigenvalue weighted by molar-refractivity contribution is 7.89. The van der Waals surface area contributed by atoms with Gasteiger partial charge < -0.3 is 4.57 Å². The lowest BCUT2D eigenvalue weighted by Crippen LogP contribution is -2.45. The predicted molar refractivity (Wildman–Crippen MR) is 95.7 cm³/mol. The predicted octanol–water partition coefficient (Wildman–Crippen LogP) is -0.0769. The summed E-state index contributed by atoms with van der Waals surface area (Å²) in [4.78, 5) is 23.7. The summed E-state index contributed by atoms with van der Waals surface area (Å²) in [7, 11) is -1.25. The van der Waals surface area contributed by atoms with Crippen molar-refractivity contribution in [1.29, 1.82) is 0 Å². The fourth-order valence-corrected chi connectivity index (χ4v) is 5.05. The molecule has 0 N–H and O–H groups in total. The van der Waals surface area contributed by atoms with Crippen LogP contribution in [0.2, 0.25) is 0 Å². The number of sulfonamides is 1. The summed E-state index contributed by atoms with van der Waals surface area (Å²) in [6.45, 7) is 4.52. The van der Waals surface area contributed by atoms with Gasteiger partial charge in [-0.05, 0) is 32.8 Å². The molecule has 0 spiro atoms. The number of rotatable bonds is 3. The van der Waals surface area contributed by atoms with E-state index in [0.29, 0.717) is 25.9 Å². The SMILES string of the molecule is Cc1cc(C)n(C2CCN(S(=O)(=O)c3cn(C)c(=O)n(C)c3=O)CC2)n1. The molecular formula is C16H23N5O4S. The van der Waals surface area contributed by atoms with Crippen molar-refractivity contribution in [2.45, 2.75) is 37.6 Å². The number of aryl methyl sites for hydroxylation is 3. The van der Waals surface area contributed by atoms with E-state index in [9.17, 15) is 18.0 Å². The molecule has 0 saturated carbocycles. The third kappa shape index (κ3) is 3.03. The van der Waals surface area contributed by atoms with Crippen LogP contribution in [0.25, 0.3) is 0 Å². The Kier molecular flexibility index (Phi) is 4.65. The maximum absolute atomic E-state index is 12.9. The molecule has 0 radical (unpaired) electrons. The van der Waals surface area contributed by atoms with Crippen LogP contribution in [0.1, 0.15) is 30.3 Å². The zero-order chi connectivity index (χ0) is 19.2. The Bertz CT molecular complexity index is 1060. The molecule has 0 amide bonds. The molecule has 0 atom stereocenters. The van der Waals surface area contributed by atoms with Crippen molar-refractivity contribution in [1.82, 2.24) is 23.2 Å². The van der Waals surface area contributed by atoms with E-state index in [1.165, 1.54) is 18.4 Å². The standard InChI is InChI=1S/C16H23N5O4S/c1-11-9-12(2)21(17-11)13-5-7-20(8-6-13)26(24,25)14-10-18(3)16(23)19(4)15(14)22/h9-10,13H,5-8H2,1-4H3. The molecule has 0 aliphatic carbocycles. The first-order chi connectivity index (χ1) is 12.1. The Morgan fingerprint density at radius 1 is 1.12 bits per heavy atom. The molecule has 0 unspecified atom stereocenters. The maximum atomic E-state index is 12.9. The summed E-state index contributed by atoms with van der Waals surface area (Å²) >= 11 is 0. The van der Waals surface area contributed by atoms with Gasteiger partial charge in [0.15, 0.2) is 4.90 Å². The van der Waals surface area contributed by atoms with E-state index in [0.717, 1.165) is 26.7 Å². The highest BCUT2D eigenvalue weighted by Gasteiger charge is 2.33. The molecule has 1 fully saturated rings. The van der Waals surface area contributed by atoms with Gasteiger partial charge in [-0.1, -0.05) is 0 Å².